The highest BCUT2D eigenvalue weighted by molar-refractivity contribution is 6.10. The van der Waals surface area contributed by atoms with E-state index in [4.69, 9.17) is 0 Å². The maximum absolute atomic E-state index is 12.0. The van der Waals surface area contributed by atoms with Crippen LogP contribution < -0.4 is 5.43 Å². The third-order valence-corrected chi connectivity index (χ3v) is 3.45. The summed E-state index contributed by atoms with van der Waals surface area (Å²) in [5.41, 5.74) is 5.28. The van der Waals surface area contributed by atoms with Crippen LogP contribution in [0.25, 0.3) is 10.9 Å². The summed E-state index contributed by atoms with van der Waals surface area (Å²) >= 11 is 0. The zero-order valence-corrected chi connectivity index (χ0v) is 12.0. The number of nitrogens with zero attached hydrogens (tertiary/aromatic N) is 1. The highest BCUT2D eigenvalue weighted by Crippen LogP contribution is 2.18. The van der Waals surface area contributed by atoms with E-state index in [0.717, 1.165) is 16.5 Å². The summed E-state index contributed by atoms with van der Waals surface area (Å²) in [6.07, 6.45) is 1.86. The van der Waals surface area contributed by atoms with Gasteiger partial charge in [0, 0.05) is 22.7 Å². The Balaban J connectivity index is 1.83. The number of hydrogen-bond donors (Lipinski definition) is 3. The van der Waals surface area contributed by atoms with Crippen molar-refractivity contribution < 1.29 is 9.90 Å². The number of H-pyrrole nitrogens is 1. The minimum atomic E-state index is -0.447. The van der Waals surface area contributed by atoms with Gasteiger partial charge in [0.1, 0.15) is 5.75 Å². The van der Waals surface area contributed by atoms with Crippen LogP contribution in [0.5, 0.6) is 5.75 Å². The molecule has 0 atom stereocenters. The van der Waals surface area contributed by atoms with Crippen molar-refractivity contribution in [2.75, 3.05) is 0 Å². The lowest BCUT2D eigenvalue weighted by atomic mass is 10.1. The quantitative estimate of drug-likeness (QED) is 0.513. The van der Waals surface area contributed by atoms with Crippen molar-refractivity contribution in [2.24, 2.45) is 5.10 Å². The maximum Gasteiger partial charge on any atom is 0.275 e. The van der Waals surface area contributed by atoms with Gasteiger partial charge in [-0.05, 0) is 25.1 Å². The number of aromatic hydroxyl groups is 1. The van der Waals surface area contributed by atoms with Gasteiger partial charge in [-0.15, -0.1) is 0 Å². The van der Waals surface area contributed by atoms with Gasteiger partial charge < -0.3 is 10.1 Å². The van der Waals surface area contributed by atoms with Gasteiger partial charge in [-0.2, -0.15) is 5.10 Å². The standard InChI is InChI=1S/C17H15N3O2/c1-11(14-10-18-15-8-4-2-6-12(14)15)19-20-17(22)13-7-3-5-9-16(13)21/h2-10,18,21H,1H3,(H,20,22). The number of fused-ring (bicyclic) bond motifs is 1. The van der Waals surface area contributed by atoms with Gasteiger partial charge >= 0.3 is 0 Å². The number of phenols is 1. The number of hydrazone groups is 1. The van der Waals surface area contributed by atoms with E-state index >= 15 is 0 Å². The molecule has 0 fully saturated rings. The lowest BCUT2D eigenvalue weighted by Gasteiger charge is -2.04. The number of carbonyl (C=O) groups is 1. The van der Waals surface area contributed by atoms with Gasteiger partial charge in [-0.25, -0.2) is 5.43 Å². The summed E-state index contributed by atoms with van der Waals surface area (Å²) in [7, 11) is 0. The van der Waals surface area contributed by atoms with Crippen LogP contribution in [0.3, 0.4) is 0 Å². The van der Waals surface area contributed by atoms with Gasteiger partial charge in [-0.1, -0.05) is 30.3 Å². The van der Waals surface area contributed by atoms with Crippen molar-refractivity contribution in [1.82, 2.24) is 10.4 Å². The number of amides is 1. The first kappa shape index (κ1) is 13.9. The van der Waals surface area contributed by atoms with Gasteiger partial charge in [0.2, 0.25) is 0 Å². The summed E-state index contributed by atoms with van der Waals surface area (Å²) in [5.74, 6) is -0.516. The smallest absolute Gasteiger partial charge is 0.275 e. The predicted molar refractivity (Wildman–Crippen MR) is 86.1 cm³/mol. The number of nitrogens with one attached hydrogen (secondary N) is 2. The summed E-state index contributed by atoms with van der Waals surface area (Å²) in [5, 5.41) is 14.8. The fourth-order valence-corrected chi connectivity index (χ4v) is 2.29. The van der Waals surface area contributed by atoms with Crippen molar-refractivity contribution in [3.05, 3.63) is 65.9 Å². The molecule has 22 heavy (non-hydrogen) atoms. The minimum absolute atomic E-state index is 0.0695. The van der Waals surface area contributed by atoms with E-state index in [2.05, 4.69) is 15.5 Å². The van der Waals surface area contributed by atoms with Crippen LogP contribution in [0.15, 0.2) is 59.8 Å². The van der Waals surface area contributed by atoms with Crippen molar-refractivity contribution in [2.45, 2.75) is 6.92 Å². The number of para-hydroxylation sites is 2. The van der Waals surface area contributed by atoms with Crippen molar-refractivity contribution >= 4 is 22.5 Å². The average Bonchev–Trinajstić information content (AvgIpc) is 2.97. The number of hydrogen-bond acceptors (Lipinski definition) is 3. The van der Waals surface area contributed by atoms with Crippen molar-refractivity contribution in [3.63, 3.8) is 0 Å². The molecule has 0 aliphatic rings. The highest BCUT2D eigenvalue weighted by atomic mass is 16.3. The molecule has 0 bridgehead atoms. The second-order valence-electron chi connectivity index (χ2n) is 4.90. The van der Waals surface area contributed by atoms with Crippen LogP contribution >= 0.6 is 0 Å². The molecule has 0 radical (unpaired) electrons. The van der Waals surface area contributed by atoms with Gasteiger partial charge in [0.25, 0.3) is 5.91 Å². The number of rotatable bonds is 3. The Morgan fingerprint density at radius 1 is 1.09 bits per heavy atom. The molecular formula is C17H15N3O2. The molecule has 2 aromatic carbocycles. The van der Waals surface area contributed by atoms with Crippen LogP contribution in [0, 0.1) is 0 Å². The molecule has 0 spiro atoms. The summed E-state index contributed by atoms with van der Waals surface area (Å²) in [4.78, 5) is 15.2. The van der Waals surface area contributed by atoms with E-state index in [0.29, 0.717) is 5.71 Å². The number of carbonyl (C=O) groups excluding carboxylic acids is 1. The molecule has 0 aliphatic carbocycles. The SMILES string of the molecule is CC(=NNC(=O)c1ccccc1O)c1c[nH]c2ccccc12. The van der Waals surface area contributed by atoms with E-state index in [1.165, 1.54) is 6.07 Å². The van der Waals surface area contributed by atoms with E-state index < -0.39 is 5.91 Å². The molecule has 0 unspecified atom stereocenters. The Morgan fingerprint density at radius 2 is 1.82 bits per heavy atom. The molecule has 3 N–H and O–H groups in total. The molecule has 1 aromatic heterocycles. The van der Waals surface area contributed by atoms with Crippen LogP contribution in [0.1, 0.15) is 22.8 Å². The normalized spacial score (nSPS) is 11.6. The largest absolute Gasteiger partial charge is 0.507 e. The molecule has 3 rings (SSSR count). The van der Waals surface area contributed by atoms with Crippen LogP contribution in [0.4, 0.5) is 0 Å². The van der Waals surface area contributed by atoms with E-state index in [1.807, 2.05) is 37.4 Å². The maximum atomic E-state index is 12.0. The van der Waals surface area contributed by atoms with Crippen molar-refractivity contribution in [1.29, 1.82) is 0 Å². The second kappa shape index (κ2) is 5.73. The Morgan fingerprint density at radius 3 is 2.64 bits per heavy atom. The fourth-order valence-electron chi connectivity index (χ4n) is 2.29. The topological polar surface area (TPSA) is 77.5 Å². The summed E-state index contributed by atoms with van der Waals surface area (Å²) in [6, 6.07) is 14.2. The zero-order chi connectivity index (χ0) is 15.5. The van der Waals surface area contributed by atoms with E-state index in [9.17, 15) is 9.90 Å². The number of benzene rings is 2. The first-order valence-electron chi connectivity index (χ1n) is 6.86. The second-order valence-corrected chi connectivity index (χ2v) is 4.90. The van der Waals surface area contributed by atoms with Crippen molar-refractivity contribution in [3.8, 4) is 5.75 Å². The molecule has 3 aromatic rings. The monoisotopic (exact) mass is 293 g/mol. The first-order chi connectivity index (χ1) is 10.7. The minimum Gasteiger partial charge on any atom is -0.507 e. The Bertz CT molecular complexity index is 865. The number of phenolic OH excluding ortho intramolecular Hbond substituents is 1. The Labute approximate surface area is 127 Å². The summed E-state index contributed by atoms with van der Waals surface area (Å²) in [6.45, 7) is 1.82. The van der Waals surface area contributed by atoms with Crippen LogP contribution in [0.2, 0.25) is 0 Å². The predicted octanol–water partition coefficient (Wildman–Crippen LogP) is 3.03. The molecular weight excluding hydrogens is 278 g/mol. The number of aromatic nitrogens is 1. The van der Waals surface area contributed by atoms with Gasteiger partial charge in [0.05, 0.1) is 11.3 Å². The molecule has 0 saturated carbocycles. The third kappa shape index (κ3) is 2.56. The average molecular weight is 293 g/mol. The molecule has 5 heteroatoms. The van der Waals surface area contributed by atoms with Gasteiger partial charge in [0.15, 0.2) is 0 Å². The molecule has 5 nitrogen and oxygen atoms in total. The highest BCUT2D eigenvalue weighted by Gasteiger charge is 2.10. The van der Waals surface area contributed by atoms with Gasteiger partial charge in [-0.3, -0.25) is 4.79 Å². The fraction of sp³-hybridized carbons (Fsp3) is 0.0588. The summed E-state index contributed by atoms with van der Waals surface area (Å²) < 4.78 is 0. The molecule has 0 saturated heterocycles. The molecule has 1 amide bonds. The van der Waals surface area contributed by atoms with Crippen LogP contribution in [-0.2, 0) is 0 Å². The first-order valence-corrected chi connectivity index (χ1v) is 6.86. The number of aromatic amines is 1. The van der Waals surface area contributed by atoms with E-state index in [1.54, 1.807) is 18.2 Å². The Hall–Kier alpha value is -3.08. The third-order valence-electron chi connectivity index (χ3n) is 3.45. The van der Waals surface area contributed by atoms with E-state index in [-0.39, 0.29) is 11.3 Å². The molecule has 0 aliphatic heterocycles. The molecule has 1 heterocycles. The Kier molecular flexibility index (Phi) is 3.62. The van der Waals surface area contributed by atoms with Crippen LogP contribution in [-0.4, -0.2) is 21.7 Å². The molecule has 110 valence electrons. The lowest BCUT2D eigenvalue weighted by Crippen LogP contribution is -2.19. The zero-order valence-electron chi connectivity index (χ0n) is 12.0. The lowest BCUT2D eigenvalue weighted by molar-refractivity contribution is 0.0952.